The molecule has 0 radical (unpaired) electrons. The van der Waals surface area contributed by atoms with Crippen LogP contribution in [0.25, 0.3) is 5.57 Å². The number of aliphatic hydroxyl groups is 1. The Morgan fingerprint density at radius 3 is 2.08 bits per heavy atom. The lowest BCUT2D eigenvalue weighted by Gasteiger charge is -2.32. The van der Waals surface area contributed by atoms with Crippen molar-refractivity contribution in [2.75, 3.05) is 0 Å². The van der Waals surface area contributed by atoms with Crippen LogP contribution in [-0.4, -0.2) is 29.5 Å². The molecule has 0 saturated carbocycles. The van der Waals surface area contributed by atoms with Crippen molar-refractivity contribution >= 4 is 12.7 Å². The van der Waals surface area contributed by atoms with Gasteiger partial charge in [-0.3, -0.25) is 0 Å². The maximum Gasteiger partial charge on any atom is 0.525 e. The predicted molar refractivity (Wildman–Crippen MR) is 94.8 cm³/mol. The molecule has 1 N–H and O–H groups in total. The summed E-state index contributed by atoms with van der Waals surface area (Å²) in [5.74, 6) is 5.53. The molecule has 0 bridgehead atoms. The van der Waals surface area contributed by atoms with E-state index >= 15 is 0 Å². The van der Waals surface area contributed by atoms with Gasteiger partial charge in [-0.1, -0.05) is 24.0 Å². The second-order valence-corrected chi connectivity index (χ2v) is 7.08. The monoisotopic (exact) mass is 330 g/mol. The minimum absolute atomic E-state index is 0.420. The van der Waals surface area contributed by atoms with Crippen molar-refractivity contribution in [1.29, 1.82) is 0 Å². The molecule has 1 aliphatic heterocycles. The normalized spacial score (nSPS) is 20.9. The van der Waals surface area contributed by atoms with Crippen molar-refractivity contribution < 1.29 is 18.8 Å². The highest BCUT2D eigenvalue weighted by atomic mass is 19.1. The third-order valence-electron chi connectivity index (χ3n) is 4.56. The van der Waals surface area contributed by atoms with Gasteiger partial charge in [-0.05, 0) is 64.8 Å². The van der Waals surface area contributed by atoms with E-state index < -0.39 is 30.2 Å². The smallest absolute Gasteiger partial charge is 0.398 e. The van der Waals surface area contributed by atoms with Gasteiger partial charge in [-0.15, -0.1) is 0 Å². The van der Waals surface area contributed by atoms with Crippen LogP contribution in [0.3, 0.4) is 0 Å². The SMILES string of the molecule is CC(=C(F)B1OC(C)(C)C(C)(C)O1)c1ccc(C#CC(C)O)cc1. The first kappa shape index (κ1) is 18.7. The van der Waals surface area contributed by atoms with E-state index in [1.54, 1.807) is 38.1 Å². The van der Waals surface area contributed by atoms with Crippen LogP contribution in [0, 0.1) is 11.8 Å². The Labute approximate surface area is 144 Å². The van der Waals surface area contributed by atoms with Gasteiger partial charge in [-0.2, -0.15) is 0 Å². The van der Waals surface area contributed by atoms with Gasteiger partial charge >= 0.3 is 7.12 Å². The molecule has 2 rings (SSSR count). The Balaban J connectivity index is 2.23. The van der Waals surface area contributed by atoms with E-state index in [9.17, 15) is 9.50 Å². The summed E-state index contributed by atoms with van der Waals surface area (Å²) in [6.07, 6.45) is -0.674. The Hall–Kier alpha value is -1.61. The highest BCUT2D eigenvalue weighted by Gasteiger charge is 2.53. The van der Waals surface area contributed by atoms with Gasteiger partial charge in [0, 0.05) is 5.56 Å². The molecule has 1 aromatic carbocycles. The first-order chi connectivity index (χ1) is 11.0. The van der Waals surface area contributed by atoms with Crippen molar-refractivity contribution in [3.8, 4) is 11.8 Å². The second-order valence-electron chi connectivity index (χ2n) is 7.08. The van der Waals surface area contributed by atoms with Crippen LogP contribution in [0.5, 0.6) is 0 Å². The average Bonchev–Trinajstić information content (AvgIpc) is 2.72. The van der Waals surface area contributed by atoms with Gasteiger partial charge in [0.25, 0.3) is 0 Å². The topological polar surface area (TPSA) is 38.7 Å². The van der Waals surface area contributed by atoms with Crippen LogP contribution >= 0.6 is 0 Å². The Kier molecular flexibility index (Phi) is 5.24. The summed E-state index contributed by atoms with van der Waals surface area (Å²) in [6, 6.07) is 7.19. The summed E-state index contributed by atoms with van der Waals surface area (Å²) in [7, 11) is -0.996. The molecule has 24 heavy (non-hydrogen) atoms. The van der Waals surface area contributed by atoms with Crippen LogP contribution in [0.4, 0.5) is 4.39 Å². The zero-order chi connectivity index (χ0) is 18.1. The van der Waals surface area contributed by atoms with E-state index in [0.717, 1.165) is 11.1 Å². The van der Waals surface area contributed by atoms with Gasteiger partial charge in [0.15, 0.2) is 0 Å². The van der Waals surface area contributed by atoms with Crippen molar-refractivity contribution in [3.63, 3.8) is 0 Å². The minimum Gasteiger partial charge on any atom is -0.398 e. The second kappa shape index (κ2) is 6.72. The van der Waals surface area contributed by atoms with Crippen molar-refractivity contribution in [2.24, 2.45) is 0 Å². The fourth-order valence-corrected chi connectivity index (χ4v) is 2.25. The van der Waals surface area contributed by atoms with Gasteiger partial charge in [0.1, 0.15) is 11.8 Å². The molecule has 3 nitrogen and oxygen atoms in total. The molecule has 1 atom stereocenters. The molecular weight excluding hydrogens is 306 g/mol. The molecule has 1 saturated heterocycles. The zero-order valence-electron chi connectivity index (χ0n) is 15.1. The fraction of sp³-hybridized carbons (Fsp3) is 0.474. The molecule has 0 amide bonds. The van der Waals surface area contributed by atoms with E-state index in [1.165, 1.54) is 0 Å². The Morgan fingerprint density at radius 1 is 1.12 bits per heavy atom. The van der Waals surface area contributed by atoms with E-state index in [0.29, 0.717) is 5.57 Å². The number of allylic oxidation sites excluding steroid dienone is 1. The van der Waals surface area contributed by atoms with Crippen molar-refractivity contribution in [1.82, 2.24) is 0 Å². The lowest BCUT2D eigenvalue weighted by Crippen LogP contribution is -2.41. The maximum absolute atomic E-state index is 14.8. The molecule has 5 heteroatoms. The number of rotatable bonds is 2. The third-order valence-corrected chi connectivity index (χ3v) is 4.56. The standard InChI is InChI=1S/C19H24BFO3/c1-13(22)7-8-15-9-11-16(12-10-15)14(2)17(21)20-23-18(3,4)19(5,6)24-20/h9-13,22H,1-6H3. The number of benzene rings is 1. The van der Waals surface area contributed by atoms with Gasteiger partial charge in [-0.25, -0.2) is 4.39 Å². The molecule has 1 heterocycles. The first-order valence-electron chi connectivity index (χ1n) is 8.05. The van der Waals surface area contributed by atoms with E-state index in [-0.39, 0.29) is 0 Å². The quantitative estimate of drug-likeness (QED) is 0.663. The highest BCUT2D eigenvalue weighted by Crippen LogP contribution is 2.40. The summed E-state index contributed by atoms with van der Waals surface area (Å²) in [5.41, 5.74) is 0.416. The molecule has 1 aromatic rings. The molecular formula is C19H24BFO3. The predicted octanol–water partition coefficient (Wildman–Crippen LogP) is 3.75. The highest BCUT2D eigenvalue weighted by molar-refractivity contribution is 6.55. The molecule has 0 aromatic heterocycles. The molecule has 0 aliphatic carbocycles. The van der Waals surface area contributed by atoms with Crippen LogP contribution in [0.2, 0.25) is 0 Å². The van der Waals surface area contributed by atoms with Crippen LogP contribution in [-0.2, 0) is 9.31 Å². The molecule has 1 unspecified atom stereocenters. The molecule has 1 fully saturated rings. The number of hydrogen-bond acceptors (Lipinski definition) is 3. The summed E-state index contributed by atoms with van der Waals surface area (Å²) in [6.45, 7) is 10.9. The number of halogens is 1. The summed E-state index contributed by atoms with van der Waals surface area (Å²) < 4.78 is 26.3. The average molecular weight is 330 g/mol. The van der Waals surface area contributed by atoms with Crippen LogP contribution in [0.15, 0.2) is 30.0 Å². The van der Waals surface area contributed by atoms with Gasteiger partial charge < -0.3 is 14.4 Å². The van der Waals surface area contributed by atoms with Crippen molar-refractivity contribution in [3.05, 3.63) is 41.1 Å². The van der Waals surface area contributed by atoms with E-state index in [4.69, 9.17) is 9.31 Å². The first-order valence-corrected chi connectivity index (χ1v) is 8.05. The van der Waals surface area contributed by atoms with Crippen molar-refractivity contribution in [2.45, 2.75) is 58.8 Å². The summed E-state index contributed by atoms with van der Waals surface area (Å²) >= 11 is 0. The molecule has 0 spiro atoms. The number of aliphatic hydroxyl groups excluding tert-OH is 1. The van der Waals surface area contributed by atoms with Crippen LogP contribution in [0.1, 0.15) is 52.7 Å². The summed E-state index contributed by atoms with van der Waals surface area (Å²) in [5, 5.41) is 9.18. The maximum atomic E-state index is 14.8. The Bertz CT molecular complexity index is 678. The lowest BCUT2D eigenvalue weighted by atomic mass is 9.83. The molecule has 128 valence electrons. The summed E-state index contributed by atoms with van der Waals surface area (Å²) in [4.78, 5) is 0. The Morgan fingerprint density at radius 2 is 1.62 bits per heavy atom. The van der Waals surface area contributed by atoms with Crippen LogP contribution < -0.4 is 0 Å². The third kappa shape index (κ3) is 3.89. The van der Waals surface area contributed by atoms with E-state index in [1.807, 2.05) is 27.7 Å². The lowest BCUT2D eigenvalue weighted by molar-refractivity contribution is 0.00578. The number of hydrogen-bond donors (Lipinski definition) is 1. The zero-order valence-corrected chi connectivity index (χ0v) is 15.1. The van der Waals surface area contributed by atoms with Gasteiger partial charge in [0.2, 0.25) is 0 Å². The minimum atomic E-state index is -0.996. The fourth-order valence-electron chi connectivity index (χ4n) is 2.25. The van der Waals surface area contributed by atoms with E-state index in [2.05, 4.69) is 11.8 Å². The molecule has 1 aliphatic rings. The largest absolute Gasteiger partial charge is 0.525 e. The van der Waals surface area contributed by atoms with Gasteiger partial charge in [0.05, 0.1) is 11.2 Å².